The Morgan fingerprint density at radius 2 is 0.727 bits per heavy atom. The number of carbonyl (C=O) groups is 3. The molecule has 0 saturated heterocycles. The third kappa shape index (κ3) is 7.35. The predicted molar refractivity (Wildman–Crippen MR) is 82.4 cm³/mol. The maximum absolute atomic E-state index is 12.0. The first-order valence-electron chi connectivity index (χ1n) is 7.18. The van der Waals surface area contributed by atoms with Gasteiger partial charge in [0.15, 0.2) is 0 Å². The fraction of sp³-hybridized carbons (Fsp3) is 0.800. The molecule has 0 heterocycles. The van der Waals surface area contributed by atoms with Crippen molar-refractivity contribution in [3.8, 4) is 0 Å². The summed E-state index contributed by atoms with van der Waals surface area (Å²) in [5, 5.41) is 0. The fourth-order valence-electron chi connectivity index (χ4n) is 0.865. The Labute approximate surface area is 139 Å². The SMILES string of the molecule is CC(C)(C)C(=O)[O][Ga]([O]C(=O)C(C)(C)C)[O]C(=O)C(C)(C)C. The topological polar surface area (TPSA) is 78.9 Å². The molecule has 7 heteroatoms. The molecule has 0 N–H and O–H groups in total. The van der Waals surface area contributed by atoms with E-state index in [1.165, 1.54) is 0 Å². The quantitative estimate of drug-likeness (QED) is 0.708. The van der Waals surface area contributed by atoms with Gasteiger partial charge in [-0.3, -0.25) is 0 Å². The zero-order chi connectivity index (χ0) is 17.9. The monoisotopic (exact) mass is 372 g/mol. The first-order valence-corrected chi connectivity index (χ1v) is 10.1. The second-order valence-corrected chi connectivity index (χ2v) is 10.9. The summed E-state index contributed by atoms with van der Waals surface area (Å²) in [5.41, 5.74) is -2.32. The summed E-state index contributed by atoms with van der Waals surface area (Å²) < 4.78 is 15.6. The molecule has 0 aromatic heterocycles. The van der Waals surface area contributed by atoms with E-state index in [0.29, 0.717) is 0 Å². The average molecular weight is 373 g/mol. The molecule has 126 valence electrons. The van der Waals surface area contributed by atoms with E-state index in [0.717, 1.165) is 0 Å². The number of hydrogen-bond acceptors (Lipinski definition) is 6. The number of carbonyl (C=O) groups excluding carboxylic acids is 3. The van der Waals surface area contributed by atoms with E-state index in [1.54, 1.807) is 62.3 Å². The van der Waals surface area contributed by atoms with Crippen LogP contribution < -0.4 is 0 Å². The molecule has 0 rings (SSSR count). The second kappa shape index (κ2) is 7.08. The van der Waals surface area contributed by atoms with Crippen LogP contribution in [0, 0.1) is 16.2 Å². The van der Waals surface area contributed by atoms with Crippen LogP contribution in [0.3, 0.4) is 0 Å². The molecule has 0 aliphatic carbocycles. The van der Waals surface area contributed by atoms with Gasteiger partial charge in [0, 0.05) is 0 Å². The van der Waals surface area contributed by atoms with Crippen LogP contribution in [-0.2, 0) is 25.0 Å². The molecule has 0 unspecified atom stereocenters. The minimum absolute atomic E-state index is 0.555. The van der Waals surface area contributed by atoms with Crippen LogP contribution in [0.5, 0.6) is 0 Å². The van der Waals surface area contributed by atoms with Gasteiger partial charge in [-0.2, -0.15) is 0 Å². The molecule has 22 heavy (non-hydrogen) atoms. The van der Waals surface area contributed by atoms with E-state index in [1.807, 2.05) is 0 Å². The molecule has 0 radical (unpaired) electrons. The molecule has 0 aromatic rings. The van der Waals surface area contributed by atoms with Gasteiger partial charge in [0.1, 0.15) is 0 Å². The minimum atomic E-state index is -3.80. The van der Waals surface area contributed by atoms with Crippen molar-refractivity contribution in [2.45, 2.75) is 62.3 Å². The second-order valence-electron chi connectivity index (χ2n) is 8.25. The first-order chi connectivity index (χ1) is 9.55. The van der Waals surface area contributed by atoms with Gasteiger partial charge < -0.3 is 0 Å². The zero-order valence-electron chi connectivity index (χ0n) is 15.0. The third-order valence-electron chi connectivity index (χ3n) is 2.45. The van der Waals surface area contributed by atoms with E-state index in [4.69, 9.17) is 10.6 Å². The average Bonchev–Trinajstić information content (AvgIpc) is 2.24. The maximum atomic E-state index is 12.0. The Bertz CT molecular complexity index is 370. The fourth-order valence-corrected chi connectivity index (χ4v) is 4.49. The molecule has 0 aromatic carbocycles. The van der Waals surface area contributed by atoms with Crippen molar-refractivity contribution in [3.63, 3.8) is 0 Å². The van der Waals surface area contributed by atoms with Crippen molar-refractivity contribution in [3.05, 3.63) is 0 Å². The third-order valence-corrected chi connectivity index (χ3v) is 5.01. The van der Waals surface area contributed by atoms with E-state index in [-0.39, 0.29) is 0 Å². The molecular formula is C15H27GaO6. The Balaban J connectivity index is 5.12. The van der Waals surface area contributed by atoms with Gasteiger partial charge in [-0.05, 0) is 0 Å². The van der Waals surface area contributed by atoms with Gasteiger partial charge in [0.25, 0.3) is 0 Å². The number of hydrogen-bond donors (Lipinski definition) is 0. The van der Waals surface area contributed by atoms with Crippen LogP contribution >= 0.6 is 0 Å². The van der Waals surface area contributed by atoms with E-state index < -0.39 is 51.5 Å². The molecule has 0 saturated carbocycles. The van der Waals surface area contributed by atoms with Crippen LogP contribution in [0.15, 0.2) is 0 Å². The van der Waals surface area contributed by atoms with Crippen molar-refractivity contribution >= 4 is 35.2 Å². The summed E-state index contributed by atoms with van der Waals surface area (Å²) >= 11 is -3.80. The Hall–Kier alpha value is -0.954. The molecule has 0 aliphatic heterocycles. The van der Waals surface area contributed by atoms with Crippen molar-refractivity contribution in [1.29, 1.82) is 0 Å². The summed E-state index contributed by atoms with van der Waals surface area (Å²) in [6.45, 7) is 15.1. The van der Waals surface area contributed by atoms with Crippen molar-refractivity contribution in [2.75, 3.05) is 0 Å². The van der Waals surface area contributed by atoms with Crippen molar-refractivity contribution in [1.82, 2.24) is 0 Å². The summed E-state index contributed by atoms with van der Waals surface area (Å²) in [6, 6.07) is 0. The normalized spacial score (nSPS) is 12.4. The predicted octanol–water partition coefficient (Wildman–Crippen LogP) is 2.74. The Morgan fingerprint density at radius 3 is 0.864 bits per heavy atom. The molecule has 6 nitrogen and oxygen atoms in total. The van der Waals surface area contributed by atoms with Crippen LogP contribution in [0.2, 0.25) is 0 Å². The van der Waals surface area contributed by atoms with Gasteiger partial charge in [0.05, 0.1) is 0 Å². The van der Waals surface area contributed by atoms with Crippen molar-refractivity contribution < 1.29 is 25.0 Å². The van der Waals surface area contributed by atoms with Crippen LogP contribution in [0.1, 0.15) is 62.3 Å². The van der Waals surface area contributed by atoms with Crippen molar-refractivity contribution in [2.24, 2.45) is 16.2 Å². The van der Waals surface area contributed by atoms with Gasteiger partial charge in [-0.1, -0.05) is 0 Å². The van der Waals surface area contributed by atoms with E-state index in [9.17, 15) is 14.4 Å². The van der Waals surface area contributed by atoms with Crippen LogP contribution in [0.25, 0.3) is 0 Å². The van der Waals surface area contributed by atoms with E-state index >= 15 is 0 Å². The van der Waals surface area contributed by atoms with Crippen LogP contribution in [0.4, 0.5) is 0 Å². The molecule has 0 aliphatic rings. The Kier molecular flexibility index (Phi) is 6.77. The summed E-state index contributed by atoms with van der Waals surface area (Å²) in [7, 11) is 0. The molecule has 0 fully saturated rings. The van der Waals surface area contributed by atoms with Gasteiger partial charge in [-0.25, -0.2) is 0 Å². The zero-order valence-corrected chi connectivity index (χ0v) is 17.4. The van der Waals surface area contributed by atoms with Gasteiger partial charge in [-0.15, -0.1) is 0 Å². The molecular weight excluding hydrogens is 346 g/mol. The van der Waals surface area contributed by atoms with Crippen LogP contribution in [-0.4, -0.2) is 35.2 Å². The first kappa shape index (κ1) is 21.0. The summed E-state index contributed by atoms with van der Waals surface area (Å²) in [5.74, 6) is -1.66. The Morgan fingerprint density at radius 1 is 0.545 bits per heavy atom. The summed E-state index contributed by atoms with van der Waals surface area (Å²) in [6.07, 6.45) is 0. The number of rotatable bonds is 3. The molecule has 0 bridgehead atoms. The molecule has 0 amide bonds. The van der Waals surface area contributed by atoms with E-state index in [2.05, 4.69) is 0 Å². The molecule has 0 atom stereocenters. The van der Waals surface area contributed by atoms with Gasteiger partial charge >= 0.3 is 139 Å². The van der Waals surface area contributed by atoms with Gasteiger partial charge in [0.2, 0.25) is 0 Å². The summed E-state index contributed by atoms with van der Waals surface area (Å²) in [4.78, 5) is 35.9. The standard InChI is InChI=1S/3C5H10O2.Ga/c3*1-5(2,3)4(6)7;/h3*1-3H3,(H,6,7);/q;;;+3/p-3. The molecule has 0 spiro atoms.